The summed E-state index contributed by atoms with van der Waals surface area (Å²) in [5.74, 6) is 1.05. The fraction of sp³-hybridized carbons (Fsp3) is 0.333. The molecule has 4 heteroatoms. The van der Waals surface area contributed by atoms with Crippen LogP contribution in [0.15, 0.2) is 40.8 Å². The fourth-order valence-corrected chi connectivity index (χ4v) is 1.85. The van der Waals surface area contributed by atoms with Crippen LogP contribution < -0.4 is 5.32 Å². The van der Waals surface area contributed by atoms with Gasteiger partial charge < -0.3 is 14.8 Å². The summed E-state index contributed by atoms with van der Waals surface area (Å²) in [5.41, 5.74) is 0.481. The number of halogens is 1. The summed E-state index contributed by atoms with van der Waals surface area (Å²) >= 11 is 0. The van der Waals surface area contributed by atoms with Gasteiger partial charge in [-0.1, -0.05) is 12.1 Å². The largest absolute Gasteiger partial charge is 0.460 e. The van der Waals surface area contributed by atoms with Crippen molar-refractivity contribution in [2.24, 2.45) is 0 Å². The number of hydrogen-bond donors (Lipinski definition) is 2. The van der Waals surface area contributed by atoms with Crippen molar-refractivity contribution in [1.29, 1.82) is 0 Å². The molecular weight excluding hydrogens is 245 g/mol. The average molecular weight is 263 g/mol. The van der Waals surface area contributed by atoms with Gasteiger partial charge in [0.15, 0.2) is 0 Å². The maximum atomic E-state index is 13.6. The monoisotopic (exact) mass is 263 g/mol. The highest BCUT2D eigenvalue weighted by atomic mass is 19.1. The highest BCUT2D eigenvalue weighted by Gasteiger charge is 2.08. The maximum absolute atomic E-state index is 13.6. The molecule has 3 nitrogen and oxygen atoms in total. The molecule has 1 aromatic carbocycles. The van der Waals surface area contributed by atoms with Crippen LogP contribution in [-0.2, 0) is 6.54 Å². The Balaban J connectivity index is 1.91. The van der Waals surface area contributed by atoms with E-state index < -0.39 is 0 Å². The molecule has 0 amide bonds. The Morgan fingerprint density at radius 1 is 1.11 bits per heavy atom. The van der Waals surface area contributed by atoms with Gasteiger partial charge in [-0.05, 0) is 43.7 Å². The number of rotatable bonds is 7. The first-order chi connectivity index (χ1) is 9.31. The molecule has 0 atom stereocenters. The highest BCUT2D eigenvalue weighted by molar-refractivity contribution is 5.58. The highest BCUT2D eigenvalue weighted by Crippen LogP contribution is 2.24. The number of unbranched alkanes of at least 4 members (excludes halogenated alkanes) is 1. The lowest BCUT2D eigenvalue weighted by Gasteiger charge is -2.02. The Bertz CT molecular complexity index is 510. The molecule has 0 saturated carbocycles. The maximum Gasteiger partial charge on any atom is 0.137 e. The molecule has 2 aromatic rings. The molecule has 1 heterocycles. The quantitative estimate of drug-likeness (QED) is 0.755. The van der Waals surface area contributed by atoms with Gasteiger partial charge in [-0.25, -0.2) is 4.39 Å². The Morgan fingerprint density at radius 3 is 2.74 bits per heavy atom. The molecule has 102 valence electrons. The van der Waals surface area contributed by atoms with Crippen molar-refractivity contribution in [3.8, 4) is 11.3 Å². The molecule has 2 rings (SSSR count). The van der Waals surface area contributed by atoms with Crippen molar-refractivity contribution in [2.75, 3.05) is 13.2 Å². The van der Waals surface area contributed by atoms with Crippen molar-refractivity contribution in [1.82, 2.24) is 5.32 Å². The number of aliphatic hydroxyl groups excluding tert-OH is 1. The van der Waals surface area contributed by atoms with Crippen LogP contribution in [0.4, 0.5) is 4.39 Å². The van der Waals surface area contributed by atoms with Crippen LogP contribution in [0, 0.1) is 5.82 Å². The number of hydrogen-bond acceptors (Lipinski definition) is 3. The summed E-state index contributed by atoms with van der Waals surface area (Å²) in [6, 6.07) is 10.2. The molecule has 0 aliphatic carbocycles. The molecule has 2 N–H and O–H groups in total. The Kier molecular flexibility index (Phi) is 5.12. The van der Waals surface area contributed by atoms with Gasteiger partial charge in [0, 0.05) is 6.61 Å². The molecule has 0 bridgehead atoms. The van der Waals surface area contributed by atoms with Gasteiger partial charge >= 0.3 is 0 Å². The minimum absolute atomic E-state index is 0.222. The first-order valence-electron chi connectivity index (χ1n) is 6.46. The van der Waals surface area contributed by atoms with E-state index in [4.69, 9.17) is 9.52 Å². The van der Waals surface area contributed by atoms with Crippen LogP contribution in [0.5, 0.6) is 0 Å². The van der Waals surface area contributed by atoms with Gasteiger partial charge in [0.1, 0.15) is 17.3 Å². The minimum Gasteiger partial charge on any atom is -0.460 e. The third-order valence-electron chi connectivity index (χ3n) is 2.86. The molecule has 0 unspecified atom stereocenters. The standard InChI is InChI=1S/C15H18FNO2/c16-14-6-2-1-5-13(14)15-8-7-12(19-15)11-17-9-3-4-10-18/h1-2,5-8,17-18H,3-4,9-11H2. The summed E-state index contributed by atoms with van der Waals surface area (Å²) in [4.78, 5) is 0. The van der Waals surface area contributed by atoms with Crippen LogP contribution in [0.25, 0.3) is 11.3 Å². The molecule has 0 spiro atoms. The van der Waals surface area contributed by atoms with E-state index in [0.29, 0.717) is 17.9 Å². The van der Waals surface area contributed by atoms with Gasteiger partial charge in [0.05, 0.1) is 12.1 Å². The Hall–Kier alpha value is -1.65. The van der Waals surface area contributed by atoms with Crippen LogP contribution in [-0.4, -0.2) is 18.3 Å². The first-order valence-corrected chi connectivity index (χ1v) is 6.46. The molecule has 0 fully saturated rings. The van der Waals surface area contributed by atoms with E-state index in [0.717, 1.165) is 25.1 Å². The fourth-order valence-electron chi connectivity index (χ4n) is 1.85. The van der Waals surface area contributed by atoms with Crippen molar-refractivity contribution < 1.29 is 13.9 Å². The molecular formula is C15H18FNO2. The molecule has 19 heavy (non-hydrogen) atoms. The van der Waals surface area contributed by atoms with E-state index in [9.17, 15) is 4.39 Å². The number of nitrogens with one attached hydrogen (secondary N) is 1. The average Bonchev–Trinajstić information content (AvgIpc) is 2.88. The van der Waals surface area contributed by atoms with Crippen molar-refractivity contribution in [2.45, 2.75) is 19.4 Å². The van der Waals surface area contributed by atoms with Gasteiger partial charge in [-0.3, -0.25) is 0 Å². The molecule has 0 aliphatic rings. The van der Waals surface area contributed by atoms with Crippen LogP contribution in [0.2, 0.25) is 0 Å². The van der Waals surface area contributed by atoms with E-state index in [-0.39, 0.29) is 12.4 Å². The zero-order valence-corrected chi connectivity index (χ0v) is 10.7. The summed E-state index contributed by atoms with van der Waals surface area (Å²) in [7, 11) is 0. The SMILES string of the molecule is OCCCCNCc1ccc(-c2ccccc2F)o1. The summed E-state index contributed by atoms with van der Waals surface area (Å²) in [6.45, 7) is 1.66. The third kappa shape index (κ3) is 3.91. The van der Waals surface area contributed by atoms with E-state index in [1.54, 1.807) is 24.3 Å². The Labute approximate surface area is 112 Å². The van der Waals surface area contributed by atoms with E-state index in [2.05, 4.69) is 5.32 Å². The third-order valence-corrected chi connectivity index (χ3v) is 2.86. The van der Waals surface area contributed by atoms with E-state index in [1.165, 1.54) is 6.07 Å². The number of benzene rings is 1. The van der Waals surface area contributed by atoms with Gasteiger partial charge in [0.2, 0.25) is 0 Å². The molecule has 0 saturated heterocycles. The molecule has 0 aliphatic heterocycles. The van der Waals surface area contributed by atoms with Crippen molar-refractivity contribution in [3.05, 3.63) is 48.0 Å². The lowest BCUT2D eigenvalue weighted by Crippen LogP contribution is -2.14. The van der Waals surface area contributed by atoms with Crippen LogP contribution in [0.1, 0.15) is 18.6 Å². The Morgan fingerprint density at radius 2 is 1.95 bits per heavy atom. The van der Waals surface area contributed by atoms with Crippen LogP contribution >= 0.6 is 0 Å². The topological polar surface area (TPSA) is 45.4 Å². The predicted octanol–water partition coefficient (Wildman–Crippen LogP) is 2.95. The van der Waals surface area contributed by atoms with E-state index >= 15 is 0 Å². The van der Waals surface area contributed by atoms with Crippen LogP contribution in [0.3, 0.4) is 0 Å². The summed E-state index contributed by atoms with van der Waals surface area (Å²) in [5, 5.41) is 11.9. The second kappa shape index (κ2) is 7.07. The van der Waals surface area contributed by atoms with Crippen molar-refractivity contribution >= 4 is 0 Å². The predicted molar refractivity (Wildman–Crippen MR) is 72.1 cm³/mol. The van der Waals surface area contributed by atoms with Crippen molar-refractivity contribution in [3.63, 3.8) is 0 Å². The summed E-state index contributed by atoms with van der Waals surface area (Å²) < 4.78 is 19.2. The van der Waals surface area contributed by atoms with Gasteiger partial charge in [0.25, 0.3) is 0 Å². The number of aliphatic hydroxyl groups is 1. The summed E-state index contributed by atoms with van der Waals surface area (Å²) in [6.07, 6.45) is 1.73. The lowest BCUT2D eigenvalue weighted by molar-refractivity contribution is 0.283. The first kappa shape index (κ1) is 13.8. The lowest BCUT2D eigenvalue weighted by atomic mass is 10.1. The smallest absolute Gasteiger partial charge is 0.137 e. The normalized spacial score (nSPS) is 10.8. The minimum atomic E-state index is -0.278. The van der Waals surface area contributed by atoms with Gasteiger partial charge in [-0.15, -0.1) is 0 Å². The zero-order chi connectivity index (χ0) is 13.5. The van der Waals surface area contributed by atoms with E-state index in [1.807, 2.05) is 6.07 Å². The van der Waals surface area contributed by atoms with Gasteiger partial charge in [-0.2, -0.15) is 0 Å². The second-order valence-electron chi connectivity index (χ2n) is 4.35. The second-order valence-corrected chi connectivity index (χ2v) is 4.35. The molecule has 1 aromatic heterocycles. The zero-order valence-electron chi connectivity index (χ0n) is 10.7. The number of furan rings is 1. The molecule has 0 radical (unpaired) electrons.